The normalized spacial score (nSPS) is 10.8. The molecule has 0 aliphatic rings. The van der Waals surface area contributed by atoms with E-state index in [0.717, 1.165) is 37.6 Å². The summed E-state index contributed by atoms with van der Waals surface area (Å²) < 4.78 is 2.07. The number of benzene rings is 1. The standard InChI is InChI=1S/C11H11Br2N3S/c1-2-14-6-10-15-16-11(17-10)7-3-8(12)5-9(13)4-7/h3-5,14H,2,6H2,1H3. The van der Waals surface area contributed by atoms with Crippen molar-refractivity contribution in [1.29, 1.82) is 0 Å². The third-order valence-corrected chi connectivity index (χ3v) is 3.99. The van der Waals surface area contributed by atoms with Crippen LogP contribution in [0.2, 0.25) is 0 Å². The van der Waals surface area contributed by atoms with Crippen LogP contribution in [-0.2, 0) is 6.54 Å². The largest absolute Gasteiger partial charge is 0.311 e. The Morgan fingerprint density at radius 1 is 1.18 bits per heavy atom. The van der Waals surface area contributed by atoms with Crippen LogP contribution in [0.25, 0.3) is 10.6 Å². The van der Waals surface area contributed by atoms with E-state index in [1.807, 2.05) is 18.2 Å². The summed E-state index contributed by atoms with van der Waals surface area (Å²) in [7, 11) is 0. The summed E-state index contributed by atoms with van der Waals surface area (Å²) in [6.07, 6.45) is 0. The highest BCUT2D eigenvalue weighted by molar-refractivity contribution is 9.11. The van der Waals surface area contributed by atoms with Gasteiger partial charge in [0.2, 0.25) is 0 Å². The minimum Gasteiger partial charge on any atom is -0.311 e. The van der Waals surface area contributed by atoms with Gasteiger partial charge in [-0.1, -0.05) is 50.1 Å². The fourth-order valence-electron chi connectivity index (χ4n) is 1.35. The molecular formula is C11H11Br2N3S. The second kappa shape index (κ2) is 6.04. The summed E-state index contributed by atoms with van der Waals surface area (Å²) >= 11 is 8.56. The first-order valence-electron chi connectivity index (χ1n) is 5.18. The van der Waals surface area contributed by atoms with Crippen molar-refractivity contribution >= 4 is 43.2 Å². The summed E-state index contributed by atoms with van der Waals surface area (Å²) in [4.78, 5) is 0. The van der Waals surface area contributed by atoms with Crippen molar-refractivity contribution in [2.45, 2.75) is 13.5 Å². The molecule has 0 atom stereocenters. The van der Waals surface area contributed by atoms with Gasteiger partial charge in [0.1, 0.15) is 10.0 Å². The highest BCUT2D eigenvalue weighted by Gasteiger charge is 2.07. The molecule has 0 amide bonds. The van der Waals surface area contributed by atoms with Gasteiger partial charge in [-0.05, 0) is 24.7 Å². The number of aromatic nitrogens is 2. The average Bonchev–Trinajstić information content (AvgIpc) is 2.73. The predicted octanol–water partition coefficient (Wildman–Crippen LogP) is 3.84. The molecule has 2 aromatic rings. The van der Waals surface area contributed by atoms with Gasteiger partial charge in [-0.3, -0.25) is 0 Å². The fourth-order valence-corrected chi connectivity index (χ4v) is 3.44. The summed E-state index contributed by atoms with van der Waals surface area (Å²) in [5.41, 5.74) is 1.08. The van der Waals surface area contributed by atoms with Gasteiger partial charge in [-0.25, -0.2) is 0 Å². The van der Waals surface area contributed by atoms with Gasteiger partial charge in [0.25, 0.3) is 0 Å². The van der Waals surface area contributed by atoms with Crippen LogP contribution in [0.3, 0.4) is 0 Å². The maximum absolute atomic E-state index is 4.21. The lowest BCUT2D eigenvalue weighted by Crippen LogP contribution is -2.11. The molecule has 0 saturated carbocycles. The third-order valence-electron chi connectivity index (χ3n) is 2.10. The van der Waals surface area contributed by atoms with Crippen molar-refractivity contribution < 1.29 is 0 Å². The second-order valence-corrected chi connectivity index (χ2v) is 6.33. The Kier molecular flexibility index (Phi) is 4.67. The lowest BCUT2D eigenvalue weighted by atomic mass is 10.2. The zero-order chi connectivity index (χ0) is 12.3. The first-order valence-corrected chi connectivity index (χ1v) is 7.59. The van der Waals surface area contributed by atoms with Gasteiger partial charge in [-0.15, -0.1) is 10.2 Å². The molecule has 0 bridgehead atoms. The number of nitrogens with zero attached hydrogens (tertiary/aromatic N) is 2. The van der Waals surface area contributed by atoms with Crippen molar-refractivity contribution in [1.82, 2.24) is 15.5 Å². The Bertz CT molecular complexity index is 493. The molecule has 1 aromatic heterocycles. The van der Waals surface area contributed by atoms with Crippen molar-refractivity contribution in [3.63, 3.8) is 0 Å². The highest BCUT2D eigenvalue weighted by atomic mass is 79.9. The minimum absolute atomic E-state index is 0.781. The number of hydrogen-bond acceptors (Lipinski definition) is 4. The lowest BCUT2D eigenvalue weighted by molar-refractivity contribution is 0.715. The van der Waals surface area contributed by atoms with Crippen LogP contribution in [0.5, 0.6) is 0 Å². The fraction of sp³-hybridized carbons (Fsp3) is 0.273. The van der Waals surface area contributed by atoms with Crippen LogP contribution in [0.15, 0.2) is 27.1 Å². The monoisotopic (exact) mass is 375 g/mol. The molecule has 0 fully saturated rings. The topological polar surface area (TPSA) is 37.8 Å². The quantitative estimate of drug-likeness (QED) is 0.880. The van der Waals surface area contributed by atoms with Crippen molar-refractivity contribution in [3.8, 4) is 10.6 Å². The third kappa shape index (κ3) is 3.58. The van der Waals surface area contributed by atoms with E-state index in [9.17, 15) is 0 Å². The maximum atomic E-state index is 4.21. The Labute approximate surface area is 121 Å². The van der Waals surface area contributed by atoms with Gasteiger partial charge < -0.3 is 5.32 Å². The maximum Gasteiger partial charge on any atom is 0.147 e. The molecule has 0 aliphatic carbocycles. The Morgan fingerprint density at radius 3 is 2.53 bits per heavy atom. The van der Waals surface area contributed by atoms with E-state index in [2.05, 4.69) is 54.3 Å². The molecule has 0 unspecified atom stereocenters. The van der Waals surface area contributed by atoms with Gasteiger partial charge in [-0.2, -0.15) is 0 Å². The molecule has 0 saturated heterocycles. The summed E-state index contributed by atoms with van der Waals surface area (Å²) in [6, 6.07) is 6.09. The smallest absolute Gasteiger partial charge is 0.147 e. The van der Waals surface area contributed by atoms with E-state index in [4.69, 9.17) is 0 Å². The van der Waals surface area contributed by atoms with Gasteiger partial charge >= 0.3 is 0 Å². The van der Waals surface area contributed by atoms with Crippen LogP contribution in [0.1, 0.15) is 11.9 Å². The van der Waals surface area contributed by atoms with E-state index >= 15 is 0 Å². The van der Waals surface area contributed by atoms with Crippen LogP contribution < -0.4 is 5.32 Å². The number of rotatable bonds is 4. The van der Waals surface area contributed by atoms with Gasteiger partial charge in [0.15, 0.2) is 0 Å². The molecule has 17 heavy (non-hydrogen) atoms. The Balaban J connectivity index is 2.24. The van der Waals surface area contributed by atoms with Crippen LogP contribution in [0, 0.1) is 0 Å². The molecule has 1 N–H and O–H groups in total. The van der Waals surface area contributed by atoms with Gasteiger partial charge in [0.05, 0.1) is 0 Å². The molecule has 0 spiro atoms. The molecule has 90 valence electrons. The SMILES string of the molecule is CCNCc1nnc(-c2cc(Br)cc(Br)c2)s1. The Morgan fingerprint density at radius 2 is 1.88 bits per heavy atom. The molecule has 1 heterocycles. The van der Waals surface area contributed by atoms with Crippen LogP contribution in [-0.4, -0.2) is 16.7 Å². The predicted molar refractivity (Wildman–Crippen MR) is 78.1 cm³/mol. The van der Waals surface area contributed by atoms with E-state index in [1.165, 1.54) is 0 Å². The summed E-state index contributed by atoms with van der Waals surface area (Å²) in [6.45, 7) is 3.80. The minimum atomic E-state index is 0.781. The lowest BCUT2D eigenvalue weighted by Gasteiger charge is -1.98. The van der Waals surface area contributed by atoms with Gasteiger partial charge in [0, 0.05) is 21.1 Å². The van der Waals surface area contributed by atoms with E-state index in [-0.39, 0.29) is 0 Å². The van der Waals surface area contributed by atoms with Crippen molar-refractivity contribution in [3.05, 3.63) is 32.2 Å². The Hall–Kier alpha value is -0.300. The van der Waals surface area contributed by atoms with E-state index < -0.39 is 0 Å². The van der Waals surface area contributed by atoms with E-state index in [0.29, 0.717) is 0 Å². The average molecular weight is 377 g/mol. The van der Waals surface area contributed by atoms with Crippen molar-refractivity contribution in [2.24, 2.45) is 0 Å². The van der Waals surface area contributed by atoms with Crippen molar-refractivity contribution in [2.75, 3.05) is 6.54 Å². The number of nitrogens with one attached hydrogen (secondary N) is 1. The number of halogens is 2. The zero-order valence-corrected chi connectivity index (χ0v) is 13.2. The molecule has 1 aromatic carbocycles. The highest BCUT2D eigenvalue weighted by Crippen LogP contribution is 2.29. The zero-order valence-electron chi connectivity index (χ0n) is 9.20. The molecule has 0 aliphatic heterocycles. The van der Waals surface area contributed by atoms with Crippen LogP contribution >= 0.6 is 43.2 Å². The summed E-state index contributed by atoms with van der Waals surface area (Å²) in [5, 5.41) is 13.6. The molecule has 0 radical (unpaired) electrons. The first-order chi connectivity index (χ1) is 8.19. The van der Waals surface area contributed by atoms with E-state index in [1.54, 1.807) is 11.3 Å². The second-order valence-electron chi connectivity index (χ2n) is 3.44. The van der Waals surface area contributed by atoms with Crippen LogP contribution in [0.4, 0.5) is 0 Å². The molecule has 3 nitrogen and oxygen atoms in total. The summed E-state index contributed by atoms with van der Waals surface area (Å²) in [5.74, 6) is 0. The first kappa shape index (κ1) is 13.1. The molecule has 6 heteroatoms. The number of hydrogen-bond donors (Lipinski definition) is 1. The molecular weight excluding hydrogens is 366 g/mol. The molecule has 2 rings (SSSR count).